The Morgan fingerprint density at radius 1 is 1.53 bits per heavy atom. The number of hydrogen-bond donors (Lipinski definition) is 1. The summed E-state index contributed by atoms with van der Waals surface area (Å²) in [6, 6.07) is 7.51. The standard InChI is InChI=1S/C13H18N2O2/c1-14-13(11-6-7-11)8-5-10-3-2-4-12(9-10)15(16)17/h2-4,9,11,13-14H,5-8H2,1H3. The summed E-state index contributed by atoms with van der Waals surface area (Å²) in [7, 11) is 2.00. The van der Waals surface area contributed by atoms with Crippen molar-refractivity contribution in [2.45, 2.75) is 31.7 Å². The van der Waals surface area contributed by atoms with Gasteiger partial charge >= 0.3 is 0 Å². The number of benzene rings is 1. The van der Waals surface area contributed by atoms with Crippen molar-refractivity contribution in [3.05, 3.63) is 39.9 Å². The second kappa shape index (κ2) is 5.27. The van der Waals surface area contributed by atoms with Gasteiger partial charge in [0.15, 0.2) is 0 Å². The molecule has 1 aromatic carbocycles. The molecule has 1 unspecified atom stereocenters. The number of aryl methyl sites for hydroxylation is 1. The lowest BCUT2D eigenvalue weighted by Crippen LogP contribution is -2.27. The minimum atomic E-state index is -0.333. The zero-order valence-corrected chi connectivity index (χ0v) is 10.1. The van der Waals surface area contributed by atoms with Crippen molar-refractivity contribution >= 4 is 5.69 Å². The van der Waals surface area contributed by atoms with Crippen LogP contribution in [0.4, 0.5) is 5.69 Å². The van der Waals surface area contributed by atoms with Crippen LogP contribution in [-0.4, -0.2) is 18.0 Å². The smallest absolute Gasteiger partial charge is 0.269 e. The molecule has 4 nitrogen and oxygen atoms in total. The summed E-state index contributed by atoms with van der Waals surface area (Å²) < 4.78 is 0. The van der Waals surface area contributed by atoms with Crippen LogP contribution in [-0.2, 0) is 6.42 Å². The van der Waals surface area contributed by atoms with Gasteiger partial charge in [-0.25, -0.2) is 0 Å². The van der Waals surface area contributed by atoms with Gasteiger partial charge in [-0.1, -0.05) is 12.1 Å². The minimum Gasteiger partial charge on any atom is -0.317 e. The molecule has 4 heteroatoms. The van der Waals surface area contributed by atoms with Gasteiger partial charge in [-0.05, 0) is 44.2 Å². The fourth-order valence-electron chi connectivity index (χ4n) is 2.26. The summed E-state index contributed by atoms with van der Waals surface area (Å²) in [4.78, 5) is 10.3. The van der Waals surface area contributed by atoms with E-state index in [4.69, 9.17) is 0 Å². The summed E-state index contributed by atoms with van der Waals surface area (Å²) in [6.07, 6.45) is 4.60. The van der Waals surface area contributed by atoms with Gasteiger partial charge in [-0.15, -0.1) is 0 Å². The number of nitro groups is 1. The van der Waals surface area contributed by atoms with E-state index >= 15 is 0 Å². The van der Waals surface area contributed by atoms with E-state index in [-0.39, 0.29) is 10.6 Å². The molecule has 17 heavy (non-hydrogen) atoms. The van der Waals surface area contributed by atoms with E-state index in [0.29, 0.717) is 6.04 Å². The van der Waals surface area contributed by atoms with Crippen LogP contribution in [0.15, 0.2) is 24.3 Å². The summed E-state index contributed by atoms with van der Waals surface area (Å²) in [5.74, 6) is 0.818. The number of non-ortho nitro benzene ring substituents is 1. The number of hydrogen-bond acceptors (Lipinski definition) is 3. The molecule has 0 aromatic heterocycles. The predicted octanol–water partition coefficient (Wildman–Crippen LogP) is 2.53. The molecule has 1 saturated carbocycles. The number of nitrogens with zero attached hydrogens (tertiary/aromatic N) is 1. The van der Waals surface area contributed by atoms with Crippen molar-refractivity contribution in [1.82, 2.24) is 5.32 Å². The van der Waals surface area contributed by atoms with Crippen molar-refractivity contribution in [2.75, 3.05) is 7.05 Å². The summed E-state index contributed by atoms with van der Waals surface area (Å²) in [5.41, 5.74) is 1.25. The van der Waals surface area contributed by atoms with Gasteiger partial charge < -0.3 is 5.32 Å². The van der Waals surface area contributed by atoms with Gasteiger partial charge in [0.25, 0.3) is 5.69 Å². The molecule has 1 aliphatic carbocycles. The van der Waals surface area contributed by atoms with E-state index in [1.807, 2.05) is 13.1 Å². The maximum absolute atomic E-state index is 10.7. The highest BCUT2D eigenvalue weighted by Crippen LogP contribution is 2.34. The van der Waals surface area contributed by atoms with E-state index in [2.05, 4.69) is 5.32 Å². The first-order chi connectivity index (χ1) is 8.20. The molecule has 0 aliphatic heterocycles. The highest BCUT2D eigenvalue weighted by molar-refractivity contribution is 5.34. The molecule has 1 fully saturated rings. The molecule has 1 aromatic rings. The number of rotatable bonds is 6. The van der Waals surface area contributed by atoms with Gasteiger partial charge in [-0.2, -0.15) is 0 Å². The Bertz CT molecular complexity index is 402. The monoisotopic (exact) mass is 234 g/mol. The maximum Gasteiger partial charge on any atom is 0.269 e. The maximum atomic E-state index is 10.7. The fourth-order valence-corrected chi connectivity index (χ4v) is 2.26. The molecule has 0 amide bonds. The normalized spacial score (nSPS) is 16.8. The second-order valence-corrected chi connectivity index (χ2v) is 4.70. The van der Waals surface area contributed by atoms with Crippen LogP contribution in [0, 0.1) is 16.0 Å². The molecule has 0 saturated heterocycles. The van der Waals surface area contributed by atoms with Gasteiger partial charge in [-0.3, -0.25) is 10.1 Å². The molecule has 1 N–H and O–H groups in total. The van der Waals surface area contributed by atoms with Crippen molar-refractivity contribution < 1.29 is 4.92 Å². The first kappa shape index (κ1) is 12.0. The van der Waals surface area contributed by atoms with Crippen LogP contribution in [0.3, 0.4) is 0 Å². The molecule has 1 aliphatic rings. The fraction of sp³-hybridized carbons (Fsp3) is 0.538. The van der Waals surface area contributed by atoms with E-state index in [9.17, 15) is 10.1 Å². The Hall–Kier alpha value is -1.42. The summed E-state index contributed by atoms with van der Waals surface area (Å²) in [5, 5.41) is 14.0. The first-order valence-corrected chi connectivity index (χ1v) is 6.11. The lowest BCUT2D eigenvalue weighted by Gasteiger charge is -2.14. The van der Waals surface area contributed by atoms with Gasteiger partial charge in [0.2, 0.25) is 0 Å². The zero-order valence-electron chi connectivity index (χ0n) is 10.1. The molecule has 1 atom stereocenters. The van der Waals surface area contributed by atoms with Crippen LogP contribution in [0.1, 0.15) is 24.8 Å². The van der Waals surface area contributed by atoms with E-state index < -0.39 is 0 Å². The quantitative estimate of drug-likeness (QED) is 0.608. The average molecular weight is 234 g/mol. The highest BCUT2D eigenvalue weighted by atomic mass is 16.6. The van der Waals surface area contributed by atoms with Crippen LogP contribution in [0.25, 0.3) is 0 Å². The lowest BCUT2D eigenvalue weighted by molar-refractivity contribution is -0.384. The van der Waals surface area contributed by atoms with Crippen LogP contribution < -0.4 is 5.32 Å². The van der Waals surface area contributed by atoms with Crippen molar-refractivity contribution in [3.63, 3.8) is 0 Å². The van der Waals surface area contributed by atoms with Crippen molar-refractivity contribution in [1.29, 1.82) is 0 Å². The topological polar surface area (TPSA) is 55.2 Å². The Labute approximate surface area is 101 Å². The molecule has 2 rings (SSSR count). The van der Waals surface area contributed by atoms with Crippen molar-refractivity contribution in [3.8, 4) is 0 Å². The van der Waals surface area contributed by atoms with Crippen LogP contribution in [0.2, 0.25) is 0 Å². The third kappa shape index (κ3) is 3.27. The third-order valence-electron chi connectivity index (χ3n) is 3.43. The van der Waals surface area contributed by atoms with Crippen molar-refractivity contribution in [2.24, 2.45) is 5.92 Å². The number of nitro benzene ring substituents is 1. The van der Waals surface area contributed by atoms with E-state index in [1.54, 1.807) is 18.2 Å². The largest absolute Gasteiger partial charge is 0.317 e. The first-order valence-electron chi connectivity index (χ1n) is 6.11. The van der Waals surface area contributed by atoms with Crippen LogP contribution in [0.5, 0.6) is 0 Å². The molecular weight excluding hydrogens is 216 g/mol. The minimum absolute atomic E-state index is 0.190. The second-order valence-electron chi connectivity index (χ2n) is 4.70. The Morgan fingerprint density at radius 2 is 2.29 bits per heavy atom. The molecular formula is C13H18N2O2. The molecule has 0 bridgehead atoms. The third-order valence-corrected chi connectivity index (χ3v) is 3.43. The highest BCUT2D eigenvalue weighted by Gasteiger charge is 2.29. The Morgan fingerprint density at radius 3 is 2.88 bits per heavy atom. The molecule has 0 spiro atoms. The average Bonchev–Trinajstić information content (AvgIpc) is 3.15. The SMILES string of the molecule is CNC(CCc1cccc([N+](=O)[O-])c1)C1CC1. The Kier molecular flexibility index (Phi) is 3.74. The predicted molar refractivity (Wildman–Crippen MR) is 67.0 cm³/mol. The summed E-state index contributed by atoms with van der Waals surface area (Å²) in [6.45, 7) is 0. The molecule has 92 valence electrons. The zero-order chi connectivity index (χ0) is 12.3. The number of nitrogens with one attached hydrogen (secondary N) is 1. The molecule has 0 radical (unpaired) electrons. The van der Waals surface area contributed by atoms with E-state index in [1.165, 1.54) is 12.8 Å². The van der Waals surface area contributed by atoms with Gasteiger partial charge in [0.05, 0.1) is 4.92 Å². The van der Waals surface area contributed by atoms with E-state index in [0.717, 1.165) is 24.3 Å². The lowest BCUT2D eigenvalue weighted by atomic mass is 10.0. The van der Waals surface area contributed by atoms with Gasteiger partial charge in [0, 0.05) is 18.2 Å². The van der Waals surface area contributed by atoms with Gasteiger partial charge in [0.1, 0.15) is 0 Å². The molecule has 0 heterocycles. The van der Waals surface area contributed by atoms with Crippen LogP contribution >= 0.6 is 0 Å². The Balaban J connectivity index is 1.93. The summed E-state index contributed by atoms with van der Waals surface area (Å²) >= 11 is 0.